The zero-order chi connectivity index (χ0) is 9.84. The van der Waals surface area contributed by atoms with Crippen molar-refractivity contribution in [1.82, 2.24) is 4.90 Å². The zero-order valence-corrected chi connectivity index (χ0v) is 7.52. The van der Waals surface area contributed by atoms with Crippen molar-refractivity contribution in [3.05, 3.63) is 0 Å². The Balaban J connectivity index is 2.51. The van der Waals surface area contributed by atoms with Gasteiger partial charge in [0.05, 0.1) is 13.2 Å². The number of aliphatic hydroxyl groups is 1. The summed E-state index contributed by atoms with van der Waals surface area (Å²) in [7, 11) is 1.17. The van der Waals surface area contributed by atoms with E-state index in [1.165, 1.54) is 12.0 Å². The highest BCUT2D eigenvalue weighted by atomic mass is 16.5. The summed E-state index contributed by atoms with van der Waals surface area (Å²) in [5.74, 6) is -1.53. The molecule has 1 aliphatic rings. The van der Waals surface area contributed by atoms with Gasteiger partial charge in [0, 0.05) is 13.1 Å². The van der Waals surface area contributed by atoms with Crippen molar-refractivity contribution in [2.24, 2.45) is 0 Å². The van der Waals surface area contributed by atoms with Crippen molar-refractivity contribution in [2.45, 2.75) is 18.9 Å². The summed E-state index contributed by atoms with van der Waals surface area (Å²) in [6, 6.07) is 0. The molecule has 0 aliphatic carbocycles. The van der Waals surface area contributed by atoms with E-state index in [0.29, 0.717) is 13.0 Å². The van der Waals surface area contributed by atoms with Gasteiger partial charge in [-0.25, -0.2) is 4.79 Å². The number of carbonyl (C=O) groups is 2. The fourth-order valence-electron chi connectivity index (χ4n) is 1.36. The lowest BCUT2D eigenvalue weighted by Gasteiger charge is -2.28. The van der Waals surface area contributed by atoms with Crippen LogP contribution in [0.2, 0.25) is 0 Å². The number of rotatable bonds is 0. The van der Waals surface area contributed by atoms with Gasteiger partial charge >= 0.3 is 11.9 Å². The second-order valence-electron chi connectivity index (χ2n) is 3.04. The van der Waals surface area contributed by atoms with Crippen LogP contribution in [0.4, 0.5) is 0 Å². The van der Waals surface area contributed by atoms with E-state index >= 15 is 0 Å². The smallest absolute Gasteiger partial charge is 0.396 e. The summed E-state index contributed by atoms with van der Waals surface area (Å²) in [5.41, 5.74) is 0. The van der Waals surface area contributed by atoms with E-state index in [4.69, 9.17) is 0 Å². The molecule has 0 saturated carbocycles. The standard InChI is InChI=1S/C8H13NO4/c1-13-8(12)7(11)9-4-2-3-6(10)5-9/h6,10H,2-5H2,1H3. The van der Waals surface area contributed by atoms with Crippen LogP contribution >= 0.6 is 0 Å². The molecular formula is C8H13NO4. The van der Waals surface area contributed by atoms with Crippen molar-refractivity contribution in [3.8, 4) is 0 Å². The fourth-order valence-corrected chi connectivity index (χ4v) is 1.36. The minimum atomic E-state index is -0.867. The third kappa shape index (κ3) is 2.42. The van der Waals surface area contributed by atoms with Crippen LogP contribution in [0.25, 0.3) is 0 Å². The molecule has 1 N–H and O–H groups in total. The van der Waals surface area contributed by atoms with Crippen LogP contribution in [-0.2, 0) is 14.3 Å². The minimum absolute atomic E-state index is 0.230. The molecule has 1 heterocycles. The first-order valence-electron chi connectivity index (χ1n) is 4.20. The molecule has 1 aliphatic heterocycles. The third-order valence-corrected chi connectivity index (χ3v) is 2.04. The highest BCUT2D eigenvalue weighted by molar-refractivity contribution is 6.32. The molecule has 1 amide bonds. The van der Waals surface area contributed by atoms with E-state index in [1.54, 1.807) is 0 Å². The first-order valence-corrected chi connectivity index (χ1v) is 4.20. The monoisotopic (exact) mass is 187 g/mol. The zero-order valence-electron chi connectivity index (χ0n) is 7.52. The molecule has 1 saturated heterocycles. The number of aliphatic hydroxyl groups excluding tert-OH is 1. The van der Waals surface area contributed by atoms with Crippen LogP contribution in [-0.4, -0.2) is 48.2 Å². The molecule has 1 unspecified atom stereocenters. The van der Waals surface area contributed by atoms with Gasteiger partial charge in [-0.05, 0) is 12.8 Å². The molecule has 0 bridgehead atoms. The van der Waals surface area contributed by atoms with Gasteiger partial charge in [-0.3, -0.25) is 4.79 Å². The molecule has 0 aromatic carbocycles. The maximum absolute atomic E-state index is 11.2. The highest BCUT2D eigenvalue weighted by Gasteiger charge is 2.27. The average molecular weight is 187 g/mol. The SMILES string of the molecule is COC(=O)C(=O)N1CCCC(O)C1. The number of β-amino-alcohol motifs (C(OH)–C–C–N with tert-alkyl or cyclic N) is 1. The highest BCUT2D eigenvalue weighted by Crippen LogP contribution is 2.09. The van der Waals surface area contributed by atoms with Gasteiger partial charge in [-0.1, -0.05) is 0 Å². The maximum atomic E-state index is 11.2. The third-order valence-electron chi connectivity index (χ3n) is 2.04. The Morgan fingerprint density at radius 3 is 2.77 bits per heavy atom. The van der Waals surface area contributed by atoms with Crippen LogP contribution in [0.1, 0.15) is 12.8 Å². The summed E-state index contributed by atoms with van der Waals surface area (Å²) in [4.78, 5) is 23.4. The van der Waals surface area contributed by atoms with Crippen molar-refractivity contribution in [3.63, 3.8) is 0 Å². The fraction of sp³-hybridized carbons (Fsp3) is 0.750. The summed E-state index contributed by atoms with van der Waals surface area (Å²) < 4.78 is 4.29. The number of esters is 1. The molecule has 0 radical (unpaired) electrons. The van der Waals surface area contributed by atoms with Crippen LogP contribution in [0.5, 0.6) is 0 Å². The predicted molar refractivity (Wildman–Crippen MR) is 43.8 cm³/mol. The van der Waals surface area contributed by atoms with E-state index in [2.05, 4.69) is 4.74 Å². The number of piperidine rings is 1. The second-order valence-corrected chi connectivity index (χ2v) is 3.04. The van der Waals surface area contributed by atoms with Crippen LogP contribution in [0.3, 0.4) is 0 Å². The Morgan fingerprint density at radius 2 is 2.23 bits per heavy atom. The van der Waals surface area contributed by atoms with Gasteiger partial charge in [0.25, 0.3) is 0 Å². The number of carbonyl (C=O) groups excluding carboxylic acids is 2. The summed E-state index contributed by atoms with van der Waals surface area (Å²) in [6.45, 7) is 0.749. The molecular weight excluding hydrogens is 174 g/mol. The molecule has 0 spiro atoms. The molecule has 1 atom stereocenters. The van der Waals surface area contributed by atoms with E-state index < -0.39 is 18.0 Å². The largest absolute Gasteiger partial charge is 0.462 e. The summed E-state index contributed by atoms with van der Waals surface area (Å²) >= 11 is 0. The number of nitrogens with zero attached hydrogens (tertiary/aromatic N) is 1. The molecule has 0 aromatic rings. The lowest BCUT2D eigenvalue weighted by molar-refractivity contribution is -0.159. The van der Waals surface area contributed by atoms with Gasteiger partial charge in [-0.2, -0.15) is 0 Å². The van der Waals surface area contributed by atoms with Gasteiger partial charge in [0.1, 0.15) is 0 Å². The molecule has 5 heteroatoms. The quantitative estimate of drug-likeness (QED) is 0.396. The Morgan fingerprint density at radius 1 is 1.54 bits per heavy atom. The Labute approximate surface area is 76.3 Å². The number of methoxy groups -OCH3 is 1. The topological polar surface area (TPSA) is 66.8 Å². The first kappa shape index (κ1) is 9.98. The average Bonchev–Trinajstić information content (AvgIpc) is 2.15. The lowest BCUT2D eigenvalue weighted by atomic mass is 10.1. The summed E-state index contributed by atoms with van der Waals surface area (Å²) in [5, 5.41) is 9.24. The molecule has 1 fully saturated rings. The lowest BCUT2D eigenvalue weighted by Crippen LogP contribution is -2.45. The normalized spacial score (nSPS) is 22.6. The van der Waals surface area contributed by atoms with Gasteiger partial charge in [-0.15, -0.1) is 0 Å². The molecule has 74 valence electrons. The number of likely N-dealkylation sites (tertiary alicyclic amines) is 1. The number of hydrogen-bond acceptors (Lipinski definition) is 4. The Hall–Kier alpha value is -1.10. The van der Waals surface area contributed by atoms with Gasteiger partial charge in [0.15, 0.2) is 0 Å². The number of hydrogen-bond donors (Lipinski definition) is 1. The van der Waals surface area contributed by atoms with Gasteiger partial charge < -0.3 is 14.7 Å². The second kappa shape index (κ2) is 4.23. The van der Waals surface area contributed by atoms with Crippen molar-refractivity contribution >= 4 is 11.9 Å². The van der Waals surface area contributed by atoms with E-state index in [9.17, 15) is 14.7 Å². The van der Waals surface area contributed by atoms with Crippen molar-refractivity contribution in [2.75, 3.05) is 20.2 Å². The Bertz CT molecular complexity index is 216. The Kier molecular flexibility index (Phi) is 3.25. The number of ether oxygens (including phenoxy) is 1. The van der Waals surface area contributed by atoms with Crippen LogP contribution < -0.4 is 0 Å². The number of amides is 1. The van der Waals surface area contributed by atoms with Gasteiger partial charge in [0.2, 0.25) is 0 Å². The van der Waals surface area contributed by atoms with E-state index in [0.717, 1.165) is 6.42 Å². The molecule has 13 heavy (non-hydrogen) atoms. The molecule has 0 aromatic heterocycles. The van der Waals surface area contributed by atoms with Crippen molar-refractivity contribution < 1.29 is 19.4 Å². The maximum Gasteiger partial charge on any atom is 0.396 e. The van der Waals surface area contributed by atoms with E-state index in [1.807, 2.05) is 0 Å². The van der Waals surface area contributed by atoms with E-state index in [-0.39, 0.29) is 6.54 Å². The summed E-state index contributed by atoms with van der Waals surface area (Å²) in [6.07, 6.45) is 0.900. The van der Waals surface area contributed by atoms with Crippen molar-refractivity contribution in [1.29, 1.82) is 0 Å². The minimum Gasteiger partial charge on any atom is -0.462 e. The predicted octanol–water partition coefficient (Wildman–Crippen LogP) is -0.857. The van der Waals surface area contributed by atoms with Crippen LogP contribution in [0.15, 0.2) is 0 Å². The first-order chi connectivity index (χ1) is 6.15. The van der Waals surface area contributed by atoms with Crippen LogP contribution in [0, 0.1) is 0 Å². The molecule has 1 rings (SSSR count). The molecule has 5 nitrogen and oxygen atoms in total.